The third-order valence-electron chi connectivity index (χ3n) is 1.77. The van der Waals surface area contributed by atoms with Crippen LogP contribution < -0.4 is 0 Å². The molecule has 5 heteroatoms. The van der Waals surface area contributed by atoms with E-state index >= 15 is 0 Å². The Balaban J connectivity index is 4.32. The van der Waals surface area contributed by atoms with Crippen LogP contribution in [0.4, 0.5) is 0 Å². The van der Waals surface area contributed by atoms with E-state index in [1.807, 2.05) is 0 Å². The molecule has 5 nitrogen and oxygen atoms in total. The zero-order valence-electron chi connectivity index (χ0n) is 7.97. The fourth-order valence-corrected chi connectivity index (χ4v) is 1.01. The first-order valence-electron chi connectivity index (χ1n) is 4.07. The van der Waals surface area contributed by atoms with E-state index in [1.165, 1.54) is 20.8 Å². The summed E-state index contributed by atoms with van der Waals surface area (Å²) >= 11 is 0. The fraction of sp³-hybridized carbons (Fsp3) is 0.875. The molecule has 0 amide bonds. The van der Waals surface area contributed by atoms with Gasteiger partial charge in [0.2, 0.25) is 0 Å². The van der Waals surface area contributed by atoms with E-state index in [0.29, 0.717) is 0 Å². The molecule has 0 saturated carbocycles. The topological polar surface area (TPSA) is 87.0 Å². The van der Waals surface area contributed by atoms with Crippen LogP contribution in [0.2, 0.25) is 0 Å². The third kappa shape index (κ3) is 4.21. The molecule has 0 aromatic heterocycles. The highest BCUT2D eigenvalue weighted by atomic mass is 16.6. The highest BCUT2D eigenvalue weighted by molar-refractivity contribution is 5.66. The first-order valence-corrected chi connectivity index (χ1v) is 4.07. The summed E-state index contributed by atoms with van der Waals surface area (Å²) in [5.74, 6) is -1.28. The Morgan fingerprint density at radius 1 is 1.23 bits per heavy atom. The summed E-state index contributed by atoms with van der Waals surface area (Å²) in [4.78, 5) is 10.6. The average Bonchev–Trinajstić information content (AvgIpc) is 1.97. The lowest BCUT2D eigenvalue weighted by Gasteiger charge is -2.26. The van der Waals surface area contributed by atoms with Gasteiger partial charge < -0.3 is 20.1 Å². The van der Waals surface area contributed by atoms with Crippen LogP contribution in [-0.4, -0.2) is 39.8 Å². The standard InChI is InChI=1S/C8H16O5/c1-4(8(11)12)7(5(2)9)13-6(3)10/h4-5,7-9,11-12H,1-3H3. The SMILES string of the molecule is CC(=O)OC(C(C)O)C(C)C(O)O. The maximum Gasteiger partial charge on any atom is 0.303 e. The van der Waals surface area contributed by atoms with Gasteiger partial charge in [0.05, 0.1) is 6.10 Å². The molecule has 3 unspecified atom stereocenters. The van der Waals surface area contributed by atoms with Crippen LogP contribution in [0.15, 0.2) is 0 Å². The lowest BCUT2D eigenvalue weighted by molar-refractivity contribution is -0.172. The second kappa shape index (κ2) is 5.16. The first-order chi connectivity index (χ1) is 5.86. The van der Waals surface area contributed by atoms with Crippen molar-refractivity contribution >= 4 is 5.97 Å². The highest BCUT2D eigenvalue weighted by Gasteiger charge is 2.29. The molecule has 0 aliphatic heterocycles. The predicted molar refractivity (Wildman–Crippen MR) is 44.6 cm³/mol. The molecule has 0 aromatic carbocycles. The molecular weight excluding hydrogens is 176 g/mol. The molecule has 13 heavy (non-hydrogen) atoms. The van der Waals surface area contributed by atoms with Gasteiger partial charge in [-0.25, -0.2) is 0 Å². The molecule has 78 valence electrons. The summed E-state index contributed by atoms with van der Waals surface area (Å²) in [6.45, 7) is 4.10. The van der Waals surface area contributed by atoms with E-state index < -0.39 is 30.4 Å². The number of carbonyl (C=O) groups is 1. The number of hydrogen-bond donors (Lipinski definition) is 3. The summed E-state index contributed by atoms with van der Waals surface area (Å²) in [6, 6.07) is 0. The van der Waals surface area contributed by atoms with Gasteiger partial charge in [-0.2, -0.15) is 0 Å². The maximum atomic E-state index is 10.6. The second-order valence-electron chi connectivity index (χ2n) is 3.09. The highest BCUT2D eigenvalue weighted by Crippen LogP contribution is 2.14. The molecule has 0 aromatic rings. The van der Waals surface area contributed by atoms with E-state index in [1.54, 1.807) is 0 Å². The van der Waals surface area contributed by atoms with Gasteiger partial charge in [-0.15, -0.1) is 0 Å². The van der Waals surface area contributed by atoms with Gasteiger partial charge >= 0.3 is 5.97 Å². The van der Waals surface area contributed by atoms with Gasteiger partial charge in [-0.3, -0.25) is 4.79 Å². The van der Waals surface area contributed by atoms with Gasteiger partial charge in [-0.05, 0) is 6.92 Å². The molecule has 0 rings (SSSR count). The van der Waals surface area contributed by atoms with Crippen molar-refractivity contribution in [2.24, 2.45) is 5.92 Å². The minimum absolute atomic E-state index is 0.557. The van der Waals surface area contributed by atoms with Crippen molar-refractivity contribution in [3.63, 3.8) is 0 Å². The van der Waals surface area contributed by atoms with E-state index in [4.69, 9.17) is 14.9 Å². The Kier molecular flexibility index (Phi) is 4.90. The average molecular weight is 192 g/mol. The summed E-state index contributed by atoms with van der Waals surface area (Å²) in [7, 11) is 0. The number of carbonyl (C=O) groups excluding carboxylic acids is 1. The van der Waals surface area contributed by atoms with Crippen molar-refractivity contribution < 1.29 is 24.9 Å². The number of hydrogen-bond acceptors (Lipinski definition) is 5. The van der Waals surface area contributed by atoms with E-state index in [0.717, 1.165) is 0 Å². The fourth-order valence-electron chi connectivity index (χ4n) is 1.01. The van der Waals surface area contributed by atoms with Gasteiger partial charge in [0.15, 0.2) is 6.29 Å². The van der Waals surface area contributed by atoms with Gasteiger partial charge in [0, 0.05) is 12.8 Å². The van der Waals surface area contributed by atoms with Crippen molar-refractivity contribution in [2.45, 2.75) is 39.3 Å². The molecule has 3 N–H and O–H groups in total. The summed E-state index contributed by atoms with van der Waals surface area (Å²) in [6.07, 6.45) is -3.43. The largest absolute Gasteiger partial charge is 0.459 e. The molecule has 0 bridgehead atoms. The molecular formula is C8H16O5. The summed E-state index contributed by atoms with van der Waals surface area (Å²) in [5, 5.41) is 26.8. The zero-order valence-corrected chi connectivity index (χ0v) is 7.97. The molecule has 3 atom stereocenters. The van der Waals surface area contributed by atoms with Crippen LogP contribution in [0, 0.1) is 5.92 Å². The number of esters is 1. The summed E-state index contributed by atoms with van der Waals surface area (Å²) < 4.78 is 4.73. The Labute approximate surface area is 77.0 Å². The smallest absolute Gasteiger partial charge is 0.303 e. The quantitative estimate of drug-likeness (QED) is 0.403. The van der Waals surface area contributed by atoms with Crippen LogP contribution in [0.1, 0.15) is 20.8 Å². The van der Waals surface area contributed by atoms with E-state index in [2.05, 4.69) is 0 Å². The van der Waals surface area contributed by atoms with Crippen molar-refractivity contribution in [3.8, 4) is 0 Å². The Hall–Kier alpha value is -0.650. The van der Waals surface area contributed by atoms with Crippen molar-refractivity contribution in [2.75, 3.05) is 0 Å². The molecule has 0 fully saturated rings. The lowest BCUT2D eigenvalue weighted by atomic mass is 10.00. The molecule has 0 spiro atoms. The normalized spacial score (nSPS) is 18.1. The molecule has 0 saturated heterocycles. The van der Waals surface area contributed by atoms with Gasteiger partial charge in [0.25, 0.3) is 0 Å². The third-order valence-corrected chi connectivity index (χ3v) is 1.77. The molecule has 0 radical (unpaired) electrons. The van der Waals surface area contributed by atoms with Crippen molar-refractivity contribution in [1.29, 1.82) is 0 Å². The monoisotopic (exact) mass is 192 g/mol. The second-order valence-corrected chi connectivity index (χ2v) is 3.09. The lowest BCUT2D eigenvalue weighted by Crippen LogP contribution is -2.40. The Bertz CT molecular complexity index is 166. The van der Waals surface area contributed by atoms with Gasteiger partial charge in [0.1, 0.15) is 6.10 Å². The van der Waals surface area contributed by atoms with Crippen LogP contribution in [0.5, 0.6) is 0 Å². The minimum Gasteiger partial charge on any atom is -0.459 e. The number of aliphatic hydroxyl groups is 3. The first kappa shape index (κ1) is 12.3. The minimum atomic E-state index is -1.61. The Morgan fingerprint density at radius 3 is 1.92 bits per heavy atom. The number of ether oxygens (including phenoxy) is 1. The van der Waals surface area contributed by atoms with Crippen LogP contribution >= 0.6 is 0 Å². The van der Waals surface area contributed by atoms with Crippen LogP contribution in [0.3, 0.4) is 0 Å². The van der Waals surface area contributed by atoms with Gasteiger partial charge in [-0.1, -0.05) is 6.92 Å². The predicted octanol–water partition coefficient (Wildman–Crippen LogP) is -0.754. The molecule has 0 aliphatic carbocycles. The van der Waals surface area contributed by atoms with Crippen molar-refractivity contribution in [1.82, 2.24) is 0 Å². The zero-order chi connectivity index (χ0) is 10.6. The summed E-state index contributed by atoms with van der Waals surface area (Å²) in [5.41, 5.74) is 0. The van der Waals surface area contributed by atoms with E-state index in [-0.39, 0.29) is 0 Å². The maximum absolute atomic E-state index is 10.6. The molecule has 0 aliphatic rings. The van der Waals surface area contributed by atoms with Crippen LogP contribution in [-0.2, 0) is 9.53 Å². The van der Waals surface area contributed by atoms with E-state index in [9.17, 15) is 9.90 Å². The van der Waals surface area contributed by atoms with Crippen molar-refractivity contribution in [3.05, 3.63) is 0 Å². The van der Waals surface area contributed by atoms with Crippen LogP contribution in [0.25, 0.3) is 0 Å². The molecule has 0 heterocycles. The number of rotatable bonds is 4. The number of aliphatic hydroxyl groups excluding tert-OH is 2. The Morgan fingerprint density at radius 2 is 1.69 bits per heavy atom.